The topological polar surface area (TPSA) is 77.0 Å². The number of nitrogen functional groups attached to an aromatic ring is 1. The molecule has 0 atom stereocenters. The maximum Gasteiger partial charge on any atom is 0.316 e. The lowest BCUT2D eigenvalue weighted by molar-refractivity contribution is 0.585. The highest BCUT2D eigenvalue weighted by molar-refractivity contribution is 8.00. The number of hydrogen-bond acceptors (Lipinski definition) is 6. The second-order valence-corrected chi connectivity index (χ2v) is 4.46. The largest absolute Gasteiger partial charge is 0.390 e. The molecule has 0 amide bonds. The van der Waals surface area contributed by atoms with E-state index in [0.717, 1.165) is 6.54 Å². The summed E-state index contributed by atoms with van der Waals surface area (Å²) in [5.41, 5.74) is 5.28. The van der Waals surface area contributed by atoms with Crippen molar-refractivity contribution in [1.29, 1.82) is 0 Å². The average molecular weight is 200 g/mol. The Morgan fingerprint density at radius 3 is 2.85 bits per heavy atom. The van der Waals surface area contributed by atoms with Crippen molar-refractivity contribution in [2.24, 2.45) is 0 Å². The van der Waals surface area contributed by atoms with E-state index >= 15 is 0 Å². The Hall–Kier alpha value is -0.910. The van der Waals surface area contributed by atoms with Gasteiger partial charge in [-0.2, -0.15) is 11.8 Å². The molecule has 5 nitrogen and oxygen atoms in total. The lowest BCUT2D eigenvalue weighted by Gasteiger charge is -2.10. The Balaban J connectivity index is 1.86. The first-order valence-electron chi connectivity index (χ1n) is 4.12. The zero-order chi connectivity index (χ0) is 9.31. The maximum atomic E-state index is 5.28. The lowest BCUT2D eigenvalue weighted by atomic mass is 10.4. The van der Waals surface area contributed by atoms with Crippen molar-refractivity contribution in [3.8, 4) is 0 Å². The molecule has 0 aliphatic heterocycles. The van der Waals surface area contributed by atoms with Crippen LogP contribution in [0.1, 0.15) is 12.8 Å². The van der Waals surface area contributed by atoms with Crippen LogP contribution in [-0.4, -0.2) is 27.7 Å². The van der Waals surface area contributed by atoms with Gasteiger partial charge in [0.25, 0.3) is 0 Å². The molecule has 72 valence electrons. The Labute approximate surface area is 80.5 Å². The van der Waals surface area contributed by atoms with E-state index in [2.05, 4.69) is 21.8 Å². The van der Waals surface area contributed by atoms with Crippen LogP contribution in [-0.2, 0) is 0 Å². The van der Waals surface area contributed by atoms with Crippen molar-refractivity contribution >= 4 is 23.8 Å². The first-order chi connectivity index (χ1) is 6.24. The van der Waals surface area contributed by atoms with Gasteiger partial charge in [0.2, 0.25) is 0 Å². The fourth-order valence-electron chi connectivity index (χ4n) is 1.14. The summed E-state index contributed by atoms with van der Waals surface area (Å²) in [4.78, 5) is 0. The predicted molar refractivity (Wildman–Crippen MR) is 52.7 cm³/mol. The molecule has 1 heterocycles. The van der Waals surface area contributed by atoms with E-state index in [1.807, 2.05) is 11.8 Å². The minimum absolute atomic E-state index is 0.108. The highest BCUT2D eigenvalue weighted by atomic mass is 32.2. The van der Waals surface area contributed by atoms with Crippen molar-refractivity contribution in [2.75, 3.05) is 23.9 Å². The molecule has 3 N–H and O–H groups in total. The van der Waals surface area contributed by atoms with E-state index in [0.29, 0.717) is 10.8 Å². The number of thioether (sulfide) groups is 1. The summed E-state index contributed by atoms with van der Waals surface area (Å²) in [6.45, 7) is 0.871. The minimum atomic E-state index is 0.108. The van der Waals surface area contributed by atoms with Crippen LogP contribution in [0.5, 0.6) is 0 Å². The normalized spacial score (nSPS) is 18.5. The average Bonchev–Trinajstić information content (AvgIpc) is 2.81. The highest BCUT2D eigenvalue weighted by Gasteiger charge is 2.41. The third-order valence-corrected chi connectivity index (χ3v) is 3.66. The molecule has 1 aliphatic rings. The molecule has 1 aromatic rings. The molecule has 1 saturated carbocycles. The van der Waals surface area contributed by atoms with E-state index in [1.165, 1.54) is 12.8 Å². The smallest absolute Gasteiger partial charge is 0.316 e. The van der Waals surface area contributed by atoms with E-state index < -0.39 is 0 Å². The SMILES string of the molecule is CSC1(CNc2nnc(N)o2)CC1. The molecule has 0 radical (unpaired) electrons. The molecular formula is C7H12N4OS. The summed E-state index contributed by atoms with van der Waals surface area (Å²) >= 11 is 1.88. The van der Waals surface area contributed by atoms with E-state index in [-0.39, 0.29) is 6.01 Å². The van der Waals surface area contributed by atoms with Crippen molar-refractivity contribution in [2.45, 2.75) is 17.6 Å². The number of aromatic nitrogens is 2. The van der Waals surface area contributed by atoms with Gasteiger partial charge in [-0.15, -0.1) is 0 Å². The number of nitrogens with zero attached hydrogens (tertiary/aromatic N) is 2. The third-order valence-electron chi connectivity index (χ3n) is 2.24. The maximum absolute atomic E-state index is 5.28. The minimum Gasteiger partial charge on any atom is -0.390 e. The van der Waals surface area contributed by atoms with Crippen molar-refractivity contribution in [3.63, 3.8) is 0 Å². The fraction of sp³-hybridized carbons (Fsp3) is 0.714. The summed E-state index contributed by atoms with van der Waals surface area (Å²) in [6, 6.07) is 0.523. The van der Waals surface area contributed by atoms with Gasteiger partial charge in [-0.3, -0.25) is 0 Å². The molecule has 1 aromatic heterocycles. The van der Waals surface area contributed by atoms with Gasteiger partial charge in [-0.25, -0.2) is 0 Å². The summed E-state index contributed by atoms with van der Waals surface area (Å²) < 4.78 is 5.38. The standard InChI is InChI=1S/C7H12N4OS/c1-13-7(2-3-7)4-9-6-11-10-5(8)12-6/h2-4H2,1H3,(H2,8,10)(H,9,11). The highest BCUT2D eigenvalue weighted by Crippen LogP contribution is 2.46. The van der Waals surface area contributed by atoms with E-state index in [4.69, 9.17) is 10.2 Å². The number of hydrogen-bond donors (Lipinski definition) is 2. The first-order valence-corrected chi connectivity index (χ1v) is 5.35. The van der Waals surface area contributed by atoms with Crippen LogP contribution in [0.3, 0.4) is 0 Å². The van der Waals surface area contributed by atoms with Crippen LogP contribution < -0.4 is 11.1 Å². The second kappa shape index (κ2) is 3.10. The zero-order valence-electron chi connectivity index (χ0n) is 7.41. The molecular weight excluding hydrogens is 188 g/mol. The Kier molecular flexibility index (Phi) is 2.07. The predicted octanol–water partition coefficient (Wildman–Crippen LogP) is 0.959. The molecule has 0 aromatic carbocycles. The van der Waals surface area contributed by atoms with Gasteiger partial charge in [-0.05, 0) is 19.1 Å². The van der Waals surface area contributed by atoms with Crippen molar-refractivity contribution in [3.05, 3.63) is 0 Å². The number of nitrogens with one attached hydrogen (secondary N) is 1. The summed E-state index contributed by atoms with van der Waals surface area (Å²) in [7, 11) is 0. The van der Waals surface area contributed by atoms with Gasteiger partial charge >= 0.3 is 12.0 Å². The summed E-state index contributed by atoms with van der Waals surface area (Å²) in [5, 5.41) is 10.4. The molecule has 0 spiro atoms. The Morgan fingerprint density at radius 1 is 1.62 bits per heavy atom. The Morgan fingerprint density at radius 2 is 2.38 bits per heavy atom. The number of rotatable bonds is 4. The third kappa shape index (κ3) is 1.88. The number of nitrogens with two attached hydrogens (primary N) is 1. The molecule has 0 unspecified atom stereocenters. The molecule has 13 heavy (non-hydrogen) atoms. The molecule has 0 saturated heterocycles. The van der Waals surface area contributed by atoms with Gasteiger partial charge in [0.1, 0.15) is 0 Å². The fourth-order valence-corrected chi connectivity index (χ4v) is 1.86. The van der Waals surface area contributed by atoms with Crippen LogP contribution in [0.2, 0.25) is 0 Å². The summed E-state index contributed by atoms with van der Waals surface area (Å²) in [6.07, 6.45) is 4.63. The van der Waals surface area contributed by atoms with Crippen LogP contribution in [0.15, 0.2) is 4.42 Å². The van der Waals surface area contributed by atoms with Crippen LogP contribution in [0, 0.1) is 0 Å². The molecule has 0 bridgehead atoms. The van der Waals surface area contributed by atoms with Gasteiger partial charge in [0, 0.05) is 11.3 Å². The zero-order valence-corrected chi connectivity index (χ0v) is 8.23. The van der Waals surface area contributed by atoms with Gasteiger partial charge in [0.15, 0.2) is 0 Å². The van der Waals surface area contributed by atoms with E-state index in [9.17, 15) is 0 Å². The van der Waals surface area contributed by atoms with Crippen LogP contribution >= 0.6 is 11.8 Å². The number of anilines is 2. The van der Waals surface area contributed by atoms with Gasteiger partial charge < -0.3 is 15.5 Å². The lowest BCUT2D eigenvalue weighted by Crippen LogP contribution is -2.17. The molecule has 1 fully saturated rings. The van der Waals surface area contributed by atoms with E-state index in [1.54, 1.807) is 0 Å². The molecule has 1 aliphatic carbocycles. The van der Waals surface area contributed by atoms with Gasteiger partial charge in [-0.1, -0.05) is 10.2 Å². The second-order valence-electron chi connectivity index (χ2n) is 3.19. The van der Waals surface area contributed by atoms with Gasteiger partial charge in [0.05, 0.1) is 0 Å². The molecule has 2 rings (SSSR count). The van der Waals surface area contributed by atoms with Crippen LogP contribution in [0.25, 0.3) is 0 Å². The van der Waals surface area contributed by atoms with Crippen molar-refractivity contribution < 1.29 is 4.42 Å². The molecule has 6 heteroatoms. The summed E-state index contributed by atoms with van der Waals surface area (Å²) in [5.74, 6) is 0. The van der Waals surface area contributed by atoms with Crippen molar-refractivity contribution in [1.82, 2.24) is 10.2 Å². The van der Waals surface area contributed by atoms with Crippen LogP contribution in [0.4, 0.5) is 12.0 Å². The quantitative estimate of drug-likeness (QED) is 0.753. The first kappa shape index (κ1) is 8.68. The Bertz CT molecular complexity index is 296. The monoisotopic (exact) mass is 200 g/mol.